The fourth-order valence-electron chi connectivity index (χ4n) is 6.51. The molecule has 4 aliphatic carbocycles. The zero-order chi connectivity index (χ0) is 18.0. The van der Waals surface area contributed by atoms with E-state index in [9.17, 15) is 19.5 Å². The predicted molar refractivity (Wildman–Crippen MR) is 89.4 cm³/mol. The van der Waals surface area contributed by atoms with Crippen molar-refractivity contribution in [3.05, 3.63) is 11.6 Å². The van der Waals surface area contributed by atoms with Gasteiger partial charge in [0.15, 0.2) is 17.9 Å². The van der Waals surface area contributed by atoms with Crippen LogP contribution in [0.5, 0.6) is 0 Å². The maximum atomic E-state index is 13.0. The summed E-state index contributed by atoms with van der Waals surface area (Å²) in [4.78, 5) is 37.4. The molecule has 0 bridgehead atoms. The molecule has 5 heteroatoms. The van der Waals surface area contributed by atoms with E-state index < -0.39 is 11.7 Å². The smallest absolute Gasteiger partial charge is 0.164 e. The Balaban J connectivity index is 1.82. The van der Waals surface area contributed by atoms with Gasteiger partial charge < -0.3 is 9.84 Å². The summed E-state index contributed by atoms with van der Waals surface area (Å²) in [6.45, 7) is 2.06. The number of fused-ring (bicyclic) bond motifs is 5. The zero-order valence-corrected chi connectivity index (χ0v) is 14.9. The second-order valence-corrected chi connectivity index (χ2v) is 8.57. The van der Waals surface area contributed by atoms with E-state index in [1.54, 1.807) is 0 Å². The second kappa shape index (κ2) is 5.58. The Labute approximate surface area is 147 Å². The lowest BCUT2D eigenvalue weighted by atomic mass is 9.46. The van der Waals surface area contributed by atoms with E-state index in [-0.39, 0.29) is 34.7 Å². The second-order valence-electron chi connectivity index (χ2n) is 8.57. The van der Waals surface area contributed by atoms with Crippen LogP contribution < -0.4 is 0 Å². The first-order chi connectivity index (χ1) is 11.8. The number of carbonyl (C=O) groups excluding carboxylic acids is 3. The summed E-state index contributed by atoms with van der Waals surface area (Å²) in [6.07, 6.45) is 4.56. The molecule has 0 amide bonds. The van der Waals surface area contributed by atoms with Crippen molar-refractivity contribution in [1.82, 2.24) is 0 Å². The largest absolute Gasteiger partial charge is 0.367 e. The highest BCUT2D eigenvalue weighted by Crippen LogP contribution is 2.64. The number of methoxy groups -OCH3 is 1. The average molecular weight is 346 g/mol. The number of carbonyl (C=O) groups is 3. The minimum Gasteiger partial charge on any atom is -0.367 e. The van der Waals surface area contributed by atoms with Crippen molar-refractivity contribution in [3.63, 3.8) is 0 Å². The highest BCUT2D eigenvalue weighted by atomic mass is 16.6. The van der Waals surface area contributed by atoms with Crippen molar-refractivity contribution in [3.8, 4) is 0 Å². The van der Waals surface area contributed by atoms with Gasteiger partial charge in [-0.05, 0) is 49.5 Å². The van der Waals surface area contributed by atoms with Crippen molar-refractivity contribution in [2.75, 3.05) is 7.11 Å². The number of ketones is 3. The SMILES string of the molecule is CO[C@H](O)[C@]12CCC(=O)C=C1C(=O)C[C@@H]1[C@@H]2CC[C@]2(C)C(=O)CC[C@@H]12. The lowest BCUT2D eigenvalue weighted by Gasteiger charge is -2.57. The van der Waals surface area contributed by atoms with Crippen LogP contribution in [0.2, 0.25) is 0 Å². The summed E-state index contributed by atoms with van der Waals surface area (Å²) in [5, 5.41) is 10.8. The molecule has 3 fully saturated rings. The highest BCUT2D eigenvalue weighted by Gasteiger charge is 2.64. The normalized spacial score (nSPS) is 44.7. The van der Waals surface area contributed by atoms with Gasteiger partial charge in [-0.1, -0.05) is 6.92 Å². The first kappa shape index (κ1) is 17.1. The van der Waals surface area contributed by atoms with Crippen LogP contribution in [0.25, 0.3) is 0 Å². The minimum absolute atomic E-state index is 0.0441. The van der Waals surface area contributed by atoms with Crippen LogP contribution in [0.4, 0.5) is 0 Å². The van der Waals surface area contributed by atoms with E-state index in [2.05, 4.69) is 6.92 Å². The minimum atomic E-state index is -1.09. The number of rotatable bonds is 2. The van der Waals surface area contributed by atoms with Gasteiger partial charge in [0.1, 0.15) is 5.78 Å². The third-order valence-electron chi connectivity index (χ3n) is 7.79. The van der Waals surface area contributed by atoms with Crippen LogP contribution in [0, 0.1) is 28.6 Å². The molecule has 0 heterocycles. The zero-order valence-electron chi connectivity index (χ0n) is 14.9. The topological polar surface area (TPSA) is 80.7 Å². The van der Waals surface area contributed by atoms with Crippen molar-refractivity contribution in [2.45, 2.75) is 58.2 Å². The highest BCUT2D eigenvalue weighted by molar-refractivity contribution is 6.06. The third kappa shape index (κ3) is 2.12. The van der Waals surface area contributed by atoms with E-state index in [1.165, 1.54) is 13.2 Å². The van der Waals surface area contributed by atoms with Gasteiger partial charge in [0.2, 0.25) is 0 Å². The Morgan fingerprint density at radius 2 is 1.92 bits per heavy atom. The van der Waals surface area contributed by atoms with E-state index in [0.717, 1.165) is 19.3 Å². The number of Topliss-reactive ketones (excluding diaryl/α,β-unsaturated/α-hetero) is 2. The van der Waals surface area contributed by atoms with Gasteiger partial charge in [-0.15, -0.1) is 0 Å². The van der Waals surface area contributed by atoms with Crippen molar-refractivity contribution < 1.29 is 24.2 Å². The summed E-state index contributed by atoms with van der Waals surface area (Å²) in [5.74, 6) is 0.607. The molecule has 3 saturated carbocycles. The lowest BCUT2D eigenvalue weighted by molar-refractivity contribution is -0.198. The van der Waals surface area contributed by atoms with E-state index in [1.807, 2.05) is 0 Å². The Bertz CT molecular complexity index is 680. The van der Waals surface area contributed by atoms with Gasteiger partial charge in [0.05, 0.1) is 5.41 Å². The molecule has 0 aromatic rings. The van der Waals surface area contributed by atoms with Gasteiger partial charge >= 0.3 is 0 Å². The summed E-state index contributed by atoms with van der Waals surface area (Å²) in [5.41, 5.74) is -0.658. The molecule has 136 valence electrons. The standard InChI is InChI=1S/C20H26O5/c1-19-7-6-14-12(13(19)3-4-17(19)23)10-16(22)15-9-11(21)5-8-20(14,15)18(24)25-2/h9,12-14,18,24H,3-8,10H2,1-2H3/t12-,13-,14-,18-,19-,20-/m0/s1. The van der Waals surface area contributed by atoms with E-state index in [4.69, 9.17) is 4.74 Å². The Hall–Kier alpha value is -1.33. The Kier molecular flexibility index (Phi) is 3.82. The van der Waals surface area contributed by atoms with Gasteiger partial charge in [-0.3, -0.25) is 14.4 Å². The maximum Gasteiger partial charge on any atom is 0.164 e. The van der Waals surface area contributed by atoms with Crippen LogP contribution >= 0.6 is 0 Å². The van der Waals surface area contributed by atoms with Gasteiger partial charge in [0.25, 0.3) is 0 Å². The van der Waals surface area contributed by atoms with Crippen LogP contribution in [0.15, 0.2) is 11.6 Å². The number of hydrogen-bond acceptors (Lipinski definition) is 5. The molecular weight excluding hydrogens is 320 g/mol. The molecular formula is C20H26O5. The molecule has 4 aliphatic rings. The Morgan fingerprint density at radius 1 is 1.16 bits per heavy atom. The summed E-state index contributed by atoms with van der Waals surface area (Å²) in [7, 11) is 1.45. The third-order valence-corrected chi connectivity index (χ3v) is 7.79. The monoisotopic (exact) mass is 346 g/mol. The molecule has 0 saturated heterocycles. The van der Waals surface area contributed by atoms with Crippen LogP contribution in [-0.2, 0) is 19.1 Å². The molecule has 0 unspecified atom stereocenters. The van der Waals surface area contributed by atoms with Gasteiger partial charge in [-0.2, -0.15) is 0 Å². The molecule has 25 heavy (non-hydrogen) atoms. The number of ether oxygens (including phenoxy) is 1. The molecule has 4 rings (SSSR count). The fourth-order valence-corrected chi connectivity index (χ4v) is 6.51. The van der Waals surface area contributed by atoms with E-state index in [0.29, 0.717) is 37.0 Å². The van der Waals surface area contributed by atoms with Gasteiger partial charge in [0, 0.05) is 37.4 Å². The molecule has 1 N–H and O–H groups in total. The molecule has 0 spiro atoms. The van der Waals surface area contributed by atoms with Gasteiger partial charge in [-0.25, -0.2) is 0 Å². The van der Waals surface area contributed by atoms with E-state index >= 15 is 0 Å². The first-order valence-electron chi connectivity index (χ1n) is 9.37. The van der Waals surface area contributed by atoms with Crippen molar-refractivity contribution in [2.24, 2.45) is 28.6 Å². The van der Waals surface area contributed by atoms with Crippen molar-refractivity contribution >= 4 is 17.3 Å². The summed E-state index contributed by atoms with van der Waals surface area (Å²) < 4.78 is 5.32. The molecule has 6 atom stereocenters. The first-order valence-corrected chi connectivity index (χ1v) is 9.37. The van der Waals surface area contributed by atoms with Crippen LogP contribution in [-0.4, -0.2) is 35.9 Å². The predicted octanol–water partition coefficient (Wildman–Crippen LogP) is 2.21. The van der Waals surface area contributed by atoms with Crippen molar-refractivity contribution in [1.29, 1.82) is 0 Å². The summed E-state index contributed by atoms with van der Waals surface area (Å²) >= 11 is 0. The molecule has 0 aromatic carbocycles. The summed E-state index contributed by atoms with van der Waals surface area (Å²) in [6, 6.07) is 0. The maximum absolute atomic E-state index is 13.0. The number of hydrogen-bond donors (Lipinski definition) is 1. The average Bonchev–Trinajstić information content (AvgIpc) is 2.90. The Morgan fingerprint density at radius 3 is 2.64 bits per heavy atom. The number of aliphatic hydroxyl groups is 1. The number of aliphatic hydroxyl groups excluding tert-OH is 1. The quantitative estimate of drug-likeness (QED) is 0.776. The molecule has 0 aliphatic heterocycles. The lowest BCUT2D eigenvalue weighted by Crippen LogP contribution is -2.58. The van der Waals surface area contributed by atoms with Crippen LogP contribution in [0.3, 0.4) is 0 Å². The molecule has 0 aromatic heterocycles. The van der Waals surface area contributed by atoms with Crippen LogP contribution in [0.1, 0.15) is 51.9 Å². The molecule has 0 radical (unpaired) electrons. The fraction of sp³-hybridized carbons (Fsp3) is 0.750. The molecule has 5 nitrogen and oxygen atoms in total.